The van der Waals surface area contributed by atoms with Crippen molar-refractivity contribution in [1.82, 2.24) is 9.97 Å². The van der Waals surface area contributed by atoms with E-state index in [1.54, 1.807) is 6.20 Å². The van der Waals surface area contributed by atoms with Crippen molar-refractivity contribution in [2.24, 2.45) is 0 Å². The van der Waals surface area contributed by atoms with Crippen LogP contribution in [-0.4, -0.2) is 9.97 Å². The van der Waals surface area contributed by atoms with Crippen molar-refractivity contribution in [3.63, 3.8) is 0 Å². The van der Waals surface area contributed by atoms with Gasteiger partial charge in [-0.3, -0.25) is 0 Å². The zero-order valence-corrected chi connectivity index (χ0v) is 9.01. The summed E-state index contributed by atoms with van der Waals surface area (Å²) in [5.41, 5.74) is 3.41. The van der Waals surface area contributed by atoms with E-state index >= 15 is 0 Å². The van der Waals surface area contributed by atoms with Crippen LogP contribution in [0.4, 0.5) is 0 Å². The maximum Gasteiger partial charge on any atom is 0.148 e. The smallest absolute Gasteiger partial charge is 0.148 e. The first-order chi connectivity index (χ1) is 8.40. The van der Waals surface area contributed by atoms with Crippen molar-refractivity contribution >= 4 is 10.9 Å². The summed E-state index contributed by atoms with van der Waals surface area (Å²) in [6.45, 7) is 0. The zero-order valence-electron chi connectivity index (χ0n) is 9.01. The lowest BCUT2D eigenvalue weighted by atomic mass is 10.0. The van der Waals surface area contributed by atoms with Gasteiger partial charge in [0.2, 0.25) is 0 Å². The third-order valence-electron chi connectivity index (χ3n) is 2.79. The van der Waals surface area contributed by atoms with Gasteiger partial charge in [0.05, 0.1) is 0 Å². The predicted octanol–water partition coefficient (Wildman–Crippen LogP) is 3.10. The van der Waals surface area contributed by atoms with Crippen LogP contribution in [0.25, 0.3) is 22.0 Å². The lowest BCUT2D eigenvalue weighted by Gasteiger charge is -2.00. The summed E-state index contributed by atoms with van der Waals surface area (Å²) in [6.07, 6.45) is 3.55. The van der Waals surface area contributed by atoms with E-state index in [2.05, 4.69) is 16.0 Å². The molecule has 3 heteroatoms. The minimum absolute atomic E-state index is 0.456. The Hall–Kier alpha value is -2.60. The first-order valence-corrected chi connectivity index (χ1v) is 5.32. The van der Waals surface area contributed by atoms with Crippen LogP contribution in [0.3, 0.4) is 0 Å². The molecule has 3 nitrogen and oxygen atoms in total. The quantitative estimate of drug-likeness (QED) is 0.683. The van der Waals surface area contributed by atoms with Gasteiger partial charge in [-0.15, -0.1) is 0 Å². The highest BCUT2D eigenvalue weighted by Crippen LogP contribution is 2.29. The molecule has 0 aliphatic carbocycles. The van der Waals surface area contributed by atoms with Crippen LogP contribution in [0.1, 0.15) is 5.69 Å². The number of nitriles is 1. The molecule has 0 radical (unpaired) electrons. The van der Waals surface area contributed by atoms with E-state index in [4.69, 9.17) is 5.26 Å². The molecule has 17 heavy (non-hydrogen) atoms. The van der Waals surface area contributed by atoms with Crippen LogP contribution in [0.2, 0.25) is 0 Å². The van der Waals surface area contributed by atoms with Gasteiger partial charge in [0.15, 0.2) is 0 Å². The van der Waals surface area contributed by atoms with Gasteiger partial charge < -0.3 is 4.98 Å². The van der Waals surface area contributed by atoms with Gasteiger partial charge in [-0.05, 0) is 18.2 Å². The number of hydrogen-bond acceptors (Lipinski definition) is 2. The van der Waals surface area contributed by atoms with Crippen molar-refractivity contribution in [2.75, 3.05) is 0 Å². The summed E-state index contributed by atoms with van der Waals surface area (Å²) >= 11 is 0. The Balaban J connectivity index is 2.32. The SMILES string of the molecule is N#Cc1ncccc1-c1c[nH]c2ccccc12. The number of H-pyrrole nitrogens is 1. The van der Waals surface area contributed by atoms with E-state index in [1.165, 1.54) is 0 Å². The van der Waals surface area contributed by atoms with Crippen LogP contribution in [0, 0.1) is 11.3 Å². The summed E-state index contributed by atoms with van der Waals surface area (Å²) in [5, 5.41) is 10.2. The maximum atomic E-state index is 9.07. The molecule has 2 aromatic heterocycles. The molecule has 0 atom stereocenters. The molecule has 3 aromatic rings. The number of hydrogen-bond donors (Lipinski definition) is 1. The van der Waals surface area contributed by atoms with Gasteiger partial charge in [-0.2, -0.15) is 5.26 Å². The Kier molecular flexibility index (Phi) is 2.13. The standard InChI is InChI=1S/C14H9N3/c15-8-14-11(5-3-7-16-14)12-9-17-13-6-2-1-4-10(12)13/h1-7,9,17H. The lowest BCUT2D eigenvalue weighted by Crippen LogP contribution is -1.86. The predicted molar refractivity (Wildman–Crippen MR) is 66.2 cm³/mol. The molecule has 0 fully saturated rings. The van der Waals surface area contributed by atoms with Crippen LogP contribution in [-0.2, 0) is 0 Å². The number of benzene rings is 1. The molecule has 0 amide bonds. The average Bonchev–Trinajstić information content (AvgIpc) is 2.82. The molecule has 1 aromatic carbocycles. The number of para-hydroxylation sites is 1. The topological polar surface area (TPSA) is 52.5 Å². The van der Waals surface area contributed by atoms with E-state index < -0.39 is 0 Å². The van der Waals surface area contributed by atoms with E-state index in [-0.39, 0.29) is 0 Å². The van der Waals surface area contributed by atoms with Gasteiger partial charge >= 0.3 is 0 Å². The van der Waals surface area contributed by atoms with Gasteiger partial charge in [0.25, 0.3) is 0 Å². The summed E-state index contributed by atoms with van der Waals surface area (Å²) in [4.78, 5) is 7.29. The van der Waals surface area contributed by atoms with Gasteiger partial charge in [0.1, 0.15) is 11.8 Å². The second-order valence-corrected chi connectivity index (χ2v) is 3.76. The monoisotopic (exact) mass is 219 g/mol. The molecular formula is C14H9N3. The van der Waals surface area contributed by atoms with Gasteiger partial charge in [-0.25, -0.2) is 4.98 Å². The van der Waals surface area contributed by atoms with Crippen molar-refractivity contribution < 1.29 is 0 Å². The fraction of sp³-hybridized carbons (Fsp3) is 0. The number of nitrogens with one attached hydrogen (secondary N) is 1. The first-order valence-electron chi connectivity index (χ1n) is 5.32. The summed E-state index contributed by atoms with van der Waals surface area (Å²) < 4.78 is 0. The second-order valence-electron chi connectivity index (χ2n) is 3.76. The number of fused-ring (bicyclic) bond motifs is 1. The van der Waals surface area contributed by atoms with Crippen LogP contribution < -0.4 is 0 Å². The van der Waals surface area contributed by atoms with Crippen LogP contribution in [0.15, 0.2) is 48.8 Å². The van der Waals surface area contributed by atoms with Crippen molar-refractivity contribution in [3.8, 4) is 17.2 Å². The second kappa shape index (κ2) is 3.76. The minimum atomic E-state index is 0.456. The lowest BCUT2D eigenvalue weighted by molar-refractivity contribution is 1.27. The average molecular weight is 219 g/mol. The summed E-state index contributed by atoms with van der Waals surface area (Å²) in [7, 11) is 0. The molecule has 1 N–H and O–H groups in total. The highest BCUT2D eigenvalue weighted by molar-refractivity contribution is 5.96. The van der Waals surface area contributed by atoms with E-state index in [0.717, 1.165) is 22.0 Å². The highest BCUT2D eigenvalue weighted by atomic mass is 14.7. The summed E-state index contributed by atoms with van der Waals surface area (Å²) in [6, 6.07) is 13.9. The van der Waals surface area contributed by atoms with Crippen molar-refractivity contribution in [3.05, 3.63) is 54.5 Å². The fourth-order valence-corrected chi connectivity index (χ4v) is 2.01. The maximum absolute atomic E-state index is 9.07. The zero-order chi connectivity index (χ0) is 11.7. The Bertz CT molecular complexity index is 719. The number of nitrogens with zero attached hydrogens (tertiary/aromatic N) is 2. The molecule has 3 rings (SSSR count). The molecular weight excluding hydrogens is 210 g/mol. The molecule has 0 spiro atoms. The molecule has 0 aliphatic rings. The minimum Gasteiger partial charge on any atom is -0.361 e. The molecule has 0 bridgehead atoms. The Morgan fingerprint density at radius 3 is 2.82 bits per heavy atom. The summed E-state index contributed by atoms with van der Waals surface area (Å²) in [5.74, 6) is 0. The Morgan fingerprint density at radius 2 is 1.94 bits per heavy atom. The van der Waals surface area contributed by atoms with E-state index in [0.29, 0.717) is 5.69 Å². The van der Waals surface area contributed by atoms with Gasteiger partial charge in [-0.1, -0.05) is 18.2 Å². The normalized spacial score (nSPS) is 10.3. The Labute approximate surface area is 98.4 Å². The number of aromatic nitrogens is 2. The molecule has 0 unspecified atom stereocenters. The molecule has 2 heterocycles. The number of aromatic amines is 1. The first kappa shape index (κ1) is 9.61. The largest absolute Gasteiger partial charge is 0.361 e. The van der Waals surface area contributed by atoms with Crippen molar-refractivity contribution in [2.45, 2.75) is 0 Å². The number of rotatable bonds is 1. The third-order valence-corrected chi connectivity index (χ3v) is 2.79. The Morgan fingerprint density at radius 1 is 1.06 bits per heavy atom. The van der Waals surface area contributed by atoms with Crippen molar-refractivity contribution in [1.29, 1.82) is 5.26 Å². The van der Waals surface area contributed by atoms with E-state index in [1.807, 2.05) is 42.6 Å². The molecule has 0 aliphatic heterocycles. The fourth-order valence-electron chi connectivity index (χ4n) is 2.01. The van der Waals surface area contributed by atoms with Crippen LogP contribution in [0.5, 0.6) is 0 Å². The molecule has 80 valence electrons. The number of pyridine rings is 1. The highest BCUT2D eigenvalue weighted by Gasteiger charge is 2.09. The van der Waals surface area contributed by atoms with E-state index in [9.17, 15) is 0 Å². The van der Waals surface area contributed by atoms with Gasteiger partial charge in [0, 0.05) is 34.4 Å². The molecule has 0 saturated carbocycles. The molecule has 0 saturated heterocycles. The van der Waals surface area contributed by atoms with Crippen LogP contribution >= 0.6 is 0 Å². The third kappa shape index (κ3) is 1.47.